The van der Waals surface area contributed by atoms with Gasteiger partial charge < -0.3 is 14.3 Å². The van der Waals surface area contributed by atoms with Crippen LogP contribution < -0.4 is 4.52 Å². The topological polar surface area (TPSA) is 49.7 Å². The highest BCUT2D eigenvalue weighted by atomic mass is 31.2. The Morgan fingerprint density at radius 3 is 1.37 bits per heavy atom. The molecule has 0 fully saturated rings. The molecule has 0 aliphatic heterocycles. The highest BCUT2D eigenvalue weighted by Gasteiger charge is 2.36. The molecule has 0 saturated heterocycles. The van der Waals surface area contributed by atoms with E-state index in [2.05, 4.69) is 138 Å². The molecule has 0 aliphatic carbocycles. The van der Waals surface area contributed by atoms with Crippen molar-refractivity contribution in [2.75, 3.05) is 0 Å². The molecule has 0 saturated carbocycles. The molecule has 0 heterocycles. The van der Waals surface area contributed by atoms with Gasteiger partial charge in [0.2, 0.25) is 0 Å². The smallest absolute Gasteiger partial charge is 0.391 e. The van der Waals surface area contributed by atoms with Crippen LogP contribution >= 0.6 is 8.60 Å². The first-order chi connectivity index (χ1) is 17.2. The molecule has 3 aromatic rings. The standard InChI is InChI=1S/C34H47O3P/c1-31(2,3)25-19-15-13-17-22(25)24-21-27(37-38(35)36)29(33(7,8)9)30(34(10,11)12)28(24)23-18-14-16-20-26(23)32(4,5)6/h13-21,35-36H,1-12H3. The van der Waals surface area contributed by atoms with Crippen molar-refractivity contribution in [1.82, 2.24) is 0 Å². The van der Waals surface area contributed by atoms with Gasteiger partial charge in [-0.1, -0.05) is 132 Å². The first-order valence-corrected chi connectivity index (χ1v) is 14.7. The normalized spacial score (nSPS) is 13.2. The van der Waals surface area contributed by atoms with Crippen LogP contribution in [-0.2, 0) is 21.7 Å². The molecule has 3 rings (SSSR count). The number of benzene rings is 3. The third-order valence-corrected chi connectivity index (χ3v) is 7.36. The van der Waals surface area contributed by atoms with Gasteiger partial charge >= 0.3 is 8.60 Å². The Morgan fingerprint density at radius 2 is 0.947 bits per heavy atom. The summed E-state index contributed by atoms with van der Waals surface area (Å²) in [5, 5.41) is 0. The lowest BCUT2D eigenvalue weighted by atomic mass is 9.68. The summed E-state index contributed by atoms with van der Waals surface area (Å²) < 4.78 is 5.86. The molecule has 4 heteroatoms. The summed E-state index contributed by atoms with van der Waals surface area (Å²) in [5.74, 6) is 0.536. The third-order valence-electron chi connectivity index (χ3n) is 7.00. The summed E-state index contributed by atoms with van der Waals surface area (Å²) in [4.78, 5) is 20.1. The van der Waals surface area contributed by atoms with Crippen LogP contribution in [0.1, 0.15) is 105 Å². The lowest BCUT2D eigenvalue weighted by Crippen LogP contribution is -2.25. The molecule has 0 radical (unpaired) electrons. The van der Waals surface area contributed by atoms with Crippen molar-refractivity contribution < 1.29 is 14.3 Å². The predicted octanol–water partition coefficient (Wildman–Crippen LogP) is 9.80. The summed E-state index contributed by atoms with van der Waals surface area (Å²) >= 11 is 0. The maximum Gasteiger partial charge on any atom is 0.391 e. The lowest BCUT2D eigenvalue weighted by molar-refractivity contribution is 0.368. The summed E-state index contributed by atoms with van der Waals surface area (Å²) in [6.07, 6.45) is 0. The highest BCUT2D eigenvalue weighted by Crippen LogP contribution is 2.53. The Kier molecular flexibility index (Phi) is 8.32. The Bertz CT molecular complexity index is 1290. The van der Waals surface area contributed by atoms with Crippen molar-refractivity contribution >= 4 is 8.60 Å². The van der Waals surface area contributed by atoms with E-state index in [9.17, 15) is 9.79 Å². The molecule has 0 unspecified atom stereocenters. The molecule has 3 aromatic carbocycles. The quantitative estimate of drug-likeness (QED) is 0.328. The average molecular weight is 535 g/mol. The van der Waals surface area contributed by atoms with E-state index >= 15 is 0 Å². The first-order valence-electron chi connectivity index (χ1n) is 13.5. The molecule has 38 heavy (non-hydrogen) atoms. The van der Waals surface area contributed by atoms with E-state index in [0.29, 0.717) is 5.75 Å². The average Bonchev–Trinajstić information content (AvgIpc) is 2.75. The van der Waals surface area contributed by atoms with E-state index in [1.165, 1.54) is 27.8 Å². The molecule has 3 nitrogen and oxygen atoms in total. The van der Waals surface area contributed by atoms with Gasteiger partial charge in [-0.15, -0.1) is 0 Å². The van der Waals surface area contributed by atoms with Crippen molar-refractivity contribution in [3.8, 4) is 28.0 Å². The van der Waals surface area contributed by atoms with E-state index in [1.807, 2.05) is 0 Å². The summed E-state index contributed by atoms with van der Waals surface area (Å²) in [5.41, 5.74) is 8.54. The maximum absolute atomic E-state index is 10.1. The van der Waals surface area contributed by atoms with Gasteiger partial charge in [-0.2, -0.15) is 0 Å². The highest BCUT2D eigenvalue weighted by molar-refractivity contribution is 7.39. The fraction of sp³-hybridized carbons (Fsp3) is 0.471. The second kappa shape index (κ2) is 10.4. The van der Waals surface area contributed by atoms with Crippen molar-refractivity contribution in [2.45, 2.75) is 105 Å². The van der Waals surface area contributed by atoms with Crippen LogP contribution in [-0.4, -0.2) is 9.79 Å². The summed E-state index contributed by atoms with van der Waals surface area (Å²) in [6, 6.07) is 19.4. The monoisotopic (exact) mass is 534 g/mol. The second-order valence-electron chi connectivity index (χ2n) is 14.5. The van der Waals surface area contributed by atoms with E-state index in [1.54, 1.807) is 0 Å². The number of hydrogen-bond donors (Lipinski definition) is 2. The van der Waals surface area contributed by atoms with E-state index in [0.717, 1.165) is 16.7 Å². The van der Waals surface area contributed by atoms with Gasteiger partial charge in [0.15, 0.2) is 0 Å². The molecule has 0 aromatic heterocycles. The molecular weight excluding hydrogens is 487 g/mol. The maximum atomic E-state index is 10.1. The van der Waals surface area contributed by atoms with Gasteiger partial charge in [-0.05, 0) is 66.7 Å². The van der Waals surface area contributed by atoms with Crippen LogP contribution in [0, 0.1) is 0 Å². The van der Waals surface area contributed by atoms with Gasteiger partial charge in [0, 0.05) is 5.56 Å². The van der Waals surface area contributed by atoms with Gasteiger partial charge in [0.05, 0.1) is 0 Å². The van der Waals surface area contributed by atoms with Crippen LogP contribution in [0.3, 0.4) is 0 Å². The van der Waals surface area contributed by atoms with Gasteiger partial charge in [-0.25, -0.2) is 0 Å². The Balaban J connectivity index is 2.73. The summed E-state index contributed by atoms with van der Waals surface area (Å²) in [6.45, 7) is 26.7. The van der Waals surface area contributed by atoms with Crippen molar-refractivity contribution in [2.24, 2.45) is 0 Å². The fourth-order valence-corrected chi connectivity index (χ4v) is 5.85. The van der Waals surface area contributed by atoms with E-state index in [-0.39, 0.29) is 21.7 Å². The number of hydrogen-bond acceptors (Lipinski definition) is 3. The van der Waals surface area contributed by atoms with Crippen molar-refractivity contribution in [1.29, 1.82) is 0 Å². The minimum atomic E-state index is -2.59. The second-order valence-corrected chi connectivity index (χ2v) is 15.2. The molecular formula is C34H47O3P. The van der Waals surface area contributed by atoms with Crippen LogP contribution in [0.4, 0.5) is 0 Å². The largest absolute Gasteiger partial charge is 0.427 e. The van der Waals surface area contributed by atoms with Crippen molar-refractivity contribution in [3.63, 3.8) is 0 Å². The third kappa shape index (κ3) is 6.33. The molecule has 0 aliphatic rings. The van der Waals surface area contributed by atoms with Gasteiger partial charge in [0.25, 0.3) is 0 Å². The molecule has 2 N–H and O–H groups in total. The van der Waals surface area contributed by atoms with Gasteiger partial charge in [0.1, 0.15) is 5.75 Å². The zero-order valence-electron chi connectivity index (χ0n) is 25.4. The van der Waals surface area contributed by atoms with E-state index in [4.69, 9.17) is 4.52 Å². The molecule has 0 bridgehead atoms. The van der Waals surface area contributed by atoms with Crippen LogP contribution in [0.2, 0.25) is 0 Å². The van der Waals surface area contributed by atoms with Crippen LogP contribution in [0.5, 0.6) is 5.75 Å². The minimum absolute atomic E-state index is 0.0752. The zero-order valence-corrected chi connectivity index (χ0v) is 26.3. The van der Waals surface area contributed by atoms with Crippen LogP contribution in [0.25, 0.3) is 22.3 Å². The fourth-order valence-electron chi connectivity index (χ4n) is 5.53. The molecule has 206 valence electrons. The Morgan fingerprint density at radius 1 is 0.526 bits per heavy atom. The number of rotatable bonds is 4. The summed E-state index contributed by atoms with van der Waals surface area (Å²) in [7, 11) is -2.59. The van der Waals surface area contributed by atoms with Crippen molar-refractivity contribution in [3.05, 3.63) is 76.9 Å². The van der Waals surface area contributed by atoms with Gasteiger partial charge in [-0.3, -0.25) is 0 Å². The SMILES string of the molecule is CC(C)(C)c1ccccc1-c1cc(OP(O)O)c(C(C)(C)C)c(C(C)(C)C)c1-c1ccccc1C(C)(C)C. The Labute approximate surface area is 232 Å². The van der Waals surface area contributed by atoms with Crippen LogP contribution in [0.15, 0.2) is 54.6 Å². The minimum Gasteiger partial charge on any atom is -0.427 e. The molecule has 0 atom stereocenters. The zero-order chi connectivity index (χ0) is 28.8. The Hall–Kier alpha value is -2.19. The lowest BCUT2D eigenvalue weighted by Gasteiger charge is -2.37. The molecule has 0 amide bonds. The molecule has 0 spiro atoms. The van der Waals surface area contributed by atoms with E-state index < -0.39 is 8.60 Å². The predicted molar refractivity (Wildman–Crippen MR) is 164 cm³/mol. The first kappa shape index (κ1) is 30.4.